The average Bonchev–Trinajstić information content (AvgIpc) is 2.70. The van der Waals surface area contributed by atoms with Gasteiger partial charge in [0.25, 0.3) is 0 Å². The minimum atomic E-state index is -0.283. The molecule has 1 heterocycles. The largest absolute Gasteiger partial charge is 0.438 e. The highest BCUT2D eigenvalue weighted by molar-refractivity contribution is 5.87. The fourth-order valence-electron chi connectivity index (χ4n) is 2.82. The zero-order valence-corrected chi connectivity index (χ0v) is 16.6. The van der Waals surface area contributed by atoms with E-state index < -0.39 is 0 Å². The second-order valence-electron chi connectivity index (χ2n) is 6.56. The van der Waals surface area contributed by atoms with Gasteiger partial charge < -0.3 is 15.4 Å². The first-order chi connectivity index (χ1) is 14.4. The Kier molecular flexibility index (Phi) is 5.90. The van der Waals surface area contributed by atoms with Crippen molar-refractivity contribution in [3.05, 3.63) is 64.7 Å². The van der Waals surface area contributed by atoms with Gasteiger partial charge in [-0.1, -0.05) is 0 Å². The molecule has 30 heavy (non-hydrogen) atoms. The third kappa shape index (κ3) is 4.89. The van der Waals surface area contributed by atoms with Gasteiger partial charge in [0.15, 0.2) is 0 Å². The molecule has 0 bridgehead atoms. The van der Waals surface area contributed by atoms with Gasteiger partial charge in [-0.05, 0) is 61.4 Å². The van der Waals surface area contributed by atoms with Gasteiger partial charge in [0, 0.05) is 18.7 Å². The highest BCUT2D eigenvalue weighted by Gasteiger charge is 2.12. The minimum Gasteiger partial charge on any atom is -0.438 e. The van der Waals surface area contributed by atoms with Crippen LogP contribution >= 0.6 is 0 Å². The summed E-state index contributed by atoms with van der Waals surface area (Å²) in [4.78, 5) is 20.2. The first-order valence-electron chi connectivity index (χ1n) is 9.01. The van der Waals surface area contributed by atoms with Crippen molar-refractivity contribution in [3.63, 3.8) is 0 Å². The van der Waals surface area contributed by atoms with Gasteiger partial charge in [0.1, 0.15) is 11.6 Å². The molecule has 8 heteroatoms. The molecule has 1 amide bonds. The molecule has 148 valence electrons. The molecule has 0 atom stereocenters. The lowest BCUT2D eigenvalue weighted by Gasteiger charge is -2.14. The second kappa shape index (κ2) is 8.72. The summed E-state index contributed by atoms with van der Waals surface area (Å²) in [7, 11) is 0. The number of nitrogens with one attached hydrogen (secondary N) is 2. The van der Waals surface area contributed by atoms with E-state index in [2.05, 4.69) is 32.7 Å². The molecule has 0 saturated carbocycles. The molecule has 0 aliphatic heterocycles. The lowest BCUT2D eigenvalue weighted by Crippen LogP contribution is -2.10. The predicted molar refractivity (Wildman–Crippen MR) is 111 cm³/mol. The summed E-state index contributed by atoms with van der Waals surface area (Å²) in [6.07, 6.45) is 0. The molecule has 3 aromatic rings. The number of aryl methyl sites for hydroxylation is 2. The Labute approximate surface area is 173 Å². The maximum absolute atomic E-state index is 11.5. The van der Waals surface area contributed by atoms with Gasteiger partial charge in [-0.25, -0.2) is 0 Å². The molecular formula is C22H18N6O2. The molecule has 3 rings (SSSR count). The number of aromatic nitrogens is 2. The van der Waals surface area contributed by atoms with E-state index in [1.165, 1.54) is 13.0 Å². The standard InChI is InChI=1S/C22H18N6O2/c1-13-8-17(12-24)9-14(2)21(13)30-20-10-19(25-15(3)29)27-22(28-20)26-18-6-4-16(11-23)5-7-18/h4-10H,1-3H3,(H2,25,26,27,28,29). The van der Waals surface area contributed by atoms with Gasteiger partial charge in [-0.15, -0.1) is 0 Å². The average molecular weight is 398 g/mol. The molecule has 0 fully saturated rings. The van der Waals surface area contributed by atoms with Crippen LogP contribution in [-0.4, -0.2) is 15.9 Å². The topological polar surface area (TPSA) is 124 Å². The van der Waals surface area contributed by atoms with Crippen LogP contribution in [0.3, 0.4) is 0 Å². The van der Waals surface area contributed by atoms with Gasteiger partial charge in [-0.3, -0.25) is 4.79 Å². The third-order valence-corrected chi connectivity index (χ3v) is 4.07. The fourth-order valence-corrected chi connectivity index (χ4v) is 2.82. The summed E-state index contributed by atoms with van der Waals surface area (Å²) in [6.45, 7) is 5.06. The van der Waals surface area contributed by atoms with Crippen LogP contribution < -0.4 is 15.4 Å². The lowest BCUT2D eigenvalue weighted by molar-refractivity contribution is -0.114. The van der Waals surface area contributed by atoms with Gasteiger partial charge in [-0.2, -0.15) is 20.5 Å². The molecule has 1 aromatic heterocycles. The van der Waals surface area contributed by atoms with E-state index in [0.717, 1.165) is 11.1 Å². The number of nitriles is 2. The molecule has 0 aliphatic rings. The molecular weight excluding hydrogens is 380 g/mol. The van der Waals surface area contributed by atoms with E-state index >= 15 is 0 Å². The zero-order chi connectivity index (χ0) is 21.7. The number of anilines is 3. The Morgan fingerprint density at radius 3 is 2.17 bits per heavy atom. The van der Waals surface area contributed by atoms with Crippen LogP contribution in [0.15, 0.2) is 42.5 Å². The van der Waals surface area contributed by atoms with Crippen molar-refractivity contribution in [2.45, 2.75) is 20.8 Å². The molecule has 0 saturated heterocycles. The number of carbonyl (C=O) groups excluding carboxylic acids is 1. The van der Waals surface area contributed by atoms with E-state index in [-0.39, 0.29) is 23.6 Å². The summed E-state index contributed by atoms with van der Waals surface area (Å²) in [6, 6.07) is 15.9. The Balaban J connectivity index is 1.96. The SMILES string of the molecule is CC(=O)Nc1cc(Oc2c(C)cc(C#N)cc2C)nc(Nc2ccc(C#N)cc2)n1. The maximum atomic E-state index is 11.5. The van der Waals surface area contributed by atoms with Crippen molar-refractivity contribution in [1.29, 1.82) is 10.5 Å². The fraction of sp³-hybridized carbons (Fsp3) is 0.136. The van der Waals surface area contributed by atoms with Crippen LogP contribution in [-0.2, 0) is 4.79 Å². The van der Waals surface area contributed by atoms with Crippen LogP contribution in [0, 0.1) is 36.5 Å². The van der Waals surface area contributed by atoms with Crippen molar-refractivity contribution in [1.82, 2.24) is 9.97 Å². The first-order valence-corrected chi connectivity index (χ1v) is 9.01. The minimum absolute atomic E-state index is 0.213. The normalized spacial score (nSPS) is 9.90. The molecule has 8 nitrogen and oxygen atoms in total. The van der Waals surface area contributed by atoms with Crippen LogP contribution in [0.25, 0.3) is 0 Å². The number of nitrogens with zero attached hydrogens (tertiary/aromatic N) is 4. The number of rotatable bonds is 5. The van der Waals surface area contributed by atoms with Crippen molar-refractivity contribution in [2.24, 2.45) is 0 Å². The van der Waals surface area contributed by atoms with E-state index in [0.29, 0.717) is 22.6 Å². The molecule has 2 aromatic carbocycles. The Hall–Kier alpha value is -4.43. The summed E-state index contributed by atoms with van der Waals surface area (Å²) >= 11 is 0. The summed E-state index contributed by atoms with van der Waals surface area (Å²) < 4.78 is 5.98. The molecule has 0 radical (unpaired) electrons. The Morgan fingerprint density at radius 1 is 0.967 bits per heavy atom. The number of carbonyl (C=O) groups is 1. The van der Waals surface area contributed by atoms with Crippen molar-refractivity contribution in [2.75, 3.05) is 10.6 Å². The van der Waals surface area contributed by atoms with Crippen LogP contribution in [0.4, 0.5) is 17.5 Å². The molecule has 0 unspecified atom stereocenters. The van der Waals surface area contributed by atoms with Crippen molar-refractivity contribution >= 4 is 23.4 Å². The first kappa shape index (κ1) is 20.3. The van der Waals surface area contributed by atoms with E-state index in [1.807, 2.05) is 13.8 Å². The van der Waals surface area contributed by atoms with E-state index in [9.17, 15) is 4.79 Å². The monoisotopic (exact) mass is 398 g/mol. The smallest absolute Gasteiger partial charge is 0.232 e. The lowest BCUT2D eigenvalue weighted by atomic mass is 10.1. The molecule has 0 aliphatic carbocycles. The van der Waals surface area contributed by atoms with Crippen LogP contribution in [0.5, 0.6) is 11.6 Å². The number of ether oxygens (including phenoxy) is 1. The Bertz CT molecular complexity index is 1170. The highest BCUT2D eigenvalue weighted by atomic mass is 16.5. The second-order valence-corrected chi connectivity index (χ2v) is 6.56. The number of benzene rings is 2. The van der Waals surface area contributed by atoms with Crippen molar-refractivity contribution in [3.8, 4) is 23.8 Å². The molecule has 0 spiro atoms. The maximum Gasteiger partial charge on any atom is 0.232 e. The highest BCUT2D eigenvalue weighted by Crippen LogP contribution is 2.30. The third-order valence-electron chi connectivity index (χ3n) is 4.07. The number of hydrogen-bond donors (Lipinski definition) is 2. The summed E-state index contributed by atoms with van der Waals surface area (Å²) in [5.74, 6) is 0.999. The van der Waals surface area contributed by atoms with Gasteiger partial charge in [0.05, 0.1) is 23.3 Å². The quantitative estimate of drug-likeness (QED) is 0.655. The van der Waals surface area contributed by atoms with E-state index in [4.69, 9.17) is 15.3 Å². The van der Waals surface area contributed by atoms with E-state index in [1.54, 1.807) is 36.4 Å². The predicted octanol–water partition coefficient (Wildman–Crippen LogP) is 4.33. The Morgan fingerprint density at radius 2 is 1.60 bits per heavy atom. The van der Waals surface area contributed by atoms with Gasteiger partial charge >= 0.3 is 0 Å². The van der Waals surface area contributed by atoms with Crippen molar-refractivity contribution < 1.29 is 9.53 Å². The van der Waals surface area contributed by atoms with Gasteiger partial charge in [0.2, 0.25) is 17.7 Å². The summed E-state index contributed by atoms with van der Waals surface area (Å²) in [5, 5.41) is 23.7. The van der Waals surface area contributed by atoms with Crippen LogP contribution in [0.1, 0.15) is 29.2 Å². The molecule has 2 N–H and O–H groups in total. The zero-order valence-electron chi connectivity index (χ0n) is 16.6. The summed E-state index contributed by atoms with van der Waals surface area (Å²) in [5.41, 5.74) is 3.32. The van der Waals surface area contributed by atoms with Crippen LogP contribution in [0.2, 0.25) is 0 Å². The number of amides is 1. The number of hydrogen-bond acceptors (Lipinski definition) is 7.